The number of halogens is 6. The Morgan fingerprint density at radius 2 is 1.95 bits per heavy atom. The second-order valence-corrected chi connectivity index (χ2v) is 5.34. The van der Waals surface area contributed by atoms with E-state index in [0.29, 0.717) is 17.3 Å². The van der Waals surface area contributed by atoms with Gasteiger partial charge in [-0.2, -0.15) is 13.2 Å². The van der Waals surface area contributed by atoms with E-state index >= 15 is 0 Å². The number of thioether (sulfide) groups is 1. The number of nitrogens with zero attached hydrogens (tertiary/aromatic N) is 3. The van der Waals surface area contributed by atoms with Gasteiger partial charge < -0.3 is 0 Å². The number of hydrogen-bond acceptors (Lipinski definition) is 3. The summed E-state index contributed by atoms with van der Waals surface area (Å²) in [5.74, 6) is -2.72. The Hall–Kier alpha value is -1.71. The van der Waals surface area contributed by atoms with Crippen molar-refractivity contribution in [3.8, 4) is 5.69 Å². The summed E-state index contributed by atoms with van der Waals surface area (Å²) < 4.78 is 76.3. The Bertz CT molecular complexity index is 667. The predicted molar refractivity (Wildman–Crippen MR) is 67.8 cm³/mol. The van der Waals surface area contributed by atoms with Gasteiger partial charge in [0.15, 0.2) is 0 Å². The number of rotatable bonds is 4. The smallest absolute Gasteiger partial charge is 0.218 e. The minimum Gasteiger partial charge on any atom is -0.218 e. The summed E-state index contributed by atoms with van der Waals surface area (Å²) in [6.45, 7) is 1.46. The first kappa shape index (κ1) is 16.7. The van der Waals surface area contributed by atoms with Gasteiger partial charge in [0.2, 0.25) is 5.82 Å². The van der Waals surface area contributed by atoms with Crippen LogP contribution in [0.2, 0.25) is 0 Å². The molecule has 2 aromatic rings. The summed E-state index contributed by atoms with van der Waals surface area (Å²) in [5.41, 5.74) is 0.0689. The van der Waals surface area contributed by atoms with Crippen LogP contribution in [0.3, 0.4) is 0 Å². The molecule has 0 spiro atoms. The normalized spacial score (nSPS) is 12.2. The van der Waals surface area contributed by atoms with Gasteiger partial charge in [0.05, 0.1) is 5.75 Å². The first-order valence-corrected chi connectivity index (χ1v) is 6.85. The van der Waals surface area contributed by atoms with Gasteiger partial charge in [0.25, 0.3) is 6.43 Å². The van der Waals surface area contributed by atoms with Gasteiger partial charge in [0, 0.05) is 4.90 Å². The summed E-state index contributed by atoms with van der Waals surface area (Å²) in [6.07, 6.45) is -6.41. The van der Waals surface area contributed by atoms with Crippen molar-refractivity contribution < 1.29 is 26.3 Å². The van der Waals surface area contributed by atoms with Crippen LogP contribution in [0.1, 0.15) is 17.8 Å². The van der Waals surface area contributed by atoms with Crippen molar-refractivity contribution in [1.29, 1.82) is 0 Å². The average molecular weight is 341 g/mol. The van der Waals surface area contributed by atoms with Crippen molar-refractivity contribution >= 4 is 11.8 Å². The maximum Gasteiger partial charge on any atom is 0.398 e. The minimum atomic E-state index is -4.37. The van der Waals surface area contributed by atoms with Crippen molar-refractivity contribution in [1.82, 2.24) is 14.8 Å². The van der Waals surface area contributed by atoms with Crippen molar-refractivity contribution in [3.63, 3.8) is 0 Å². The molecule has 0 saturated carbocycles. The zero-order valence-corrected chi connectivity index (χ0v) is 11.9. The van der Waals surface area contributed by atoms with Crippen molar-refractivity contribution in [3.05, 3.63) is 35.7 Å². The fourth-order valence-electron chi connectivity index (χ4n) is 1.62. The third-order valence-electron chi connectivity index (χ3n) is 2.59. The molecule has 0 saturated heterocycles. The Labute approximate surface area is 125 Å². The Morgan fingerprint density at radius 1 is 1.27 bits per heavy atom. The van der Waals surface area contributed by atoms with E-state index in [4.69, 9.17) is 0 Å². The summed E-state index contributed by atoms with van der Waals surface area (Å²) in [6, 6.07) is 2.16. The molecule has 1 heterocycles. The van der Waals surface area contributed by atoms with Crippen LogP contribution in [0.15, 0.2) is 23.4 Å². The minimum absolute atomic E-state index is 0.183. The lowest BCUT2D eigenvalue weighted by molar-refractivity contribution is -0.105. The summed E-state index contributed by atoms with van der Waals surface area (Å²) >= 11 is 0.483. The Morgan fingerprint density at radius 3 is 2.50 bits per heavy atom. The van der Waals surface area contributed by atoms with Crippen LogP contribution in [-0.2, 0) is 0 Å². The number of aryl methyl sites for hydroxylation is 1. The first-order chi connectivity index (χ1) is 10.2. The monoisotopic (exact) mass is 341 g/mol. The molecule has 0 amide bonds. The lowest BCUT2D eigenvalue weighted by atomic mass is 10.2. The number of alkyl halides is 5. The van der Waals surface area contributed by atoms with Crippen LogP contribution in [0.5, 0.6) is 0 Å². The van der Waals surface area contributed by atoms with Gasteiger partial charge >= 0.3 is 6.18 Å². The highest BCUT2D eigenvalue weighted by molar-refractivity contribution is 7.99. The molecule has 120 valence electrons. The lowest BCUT2D eigenvalue weighted by Gasteiger charge is -2.11. The molecule has 1 aromatic carbocycles. The van der Waals surface area contributed by atoms with E-state index in [2.05, 4.69) is 10.1 Å². The maximum absolute atomic E-state index is 13.9. The van der Waals surface area contributed by atoms with Gasteiger partial charge in [-0.05, 0) is 24.6 Å². The van der Waals surface area contributed by atoms with Crippen LogP contribution >= 0.6 is 11.8 Å². The Balaban J connectivity index is 2.34. The van der Waals surface area contributed by atoms with Gasteiger partial charge in [0.1, 0.15) is 17.8 Å². The van der Waals surface area contributed by atoms with Crippen molar-refractivity contribution in [2.24, 2.45) is 0 Å². The molecule has 2 rings (SSSR count). The molecule has 22 heavy (non-hydrogen) atoms. The summed E-state index contributed by atoms with van der Waals surface area (Å²) in [5, 5.41) is 3.40. The van der Waals surface area contributed by atoms with E-state index in [1.165, 1.54) is 6.92 Å². The summed E-state index contributed by atoms with van der Waals surface area (Å²) in [4.78, 5) is 3.50. The van der Waals surface area contributed by atoms with E-state index in [9.17, 15) is 26.3 Å². The van der Waals surface area contributed by atoms with Gasteiger partial charge in [-0.15, -0.1) is 16.9 Å². The SMILES string of the molecule is Cc1cc(F)c(-n2cnc(C(F)F)n2)cc1SCC(F)(F)F. The first-order valence-electron chi connectivity index (χ1n) is 5.87. The molecular formula is C12H9F6N3S. The highest BCUT2D eigenvalue weighted by Gasteiger charge is 2.28. The third kappa shape index (κ3) is 3.93. The molecule has 0 aliphatic rings. The van der Waals surface area contributed by atoms with E-state index in [1.54, 1.807) is 0 Å². The Kier molecular flexibility index (Phi) is 4.69. The maximum atomic E-state index is 13.9. The van der Waals surface area contributed by atoms with Gasteiger partial charge in [-0.3, -0.25) is 0 Å². The predicted octanol–water partition coefficient (Wildman–Crippen LogP) is 4.31. The van der Waals surface area contributed by atoms with Crippen LogP contribution in [0, 0.1) is 12.7 Å². The molecule has 0 fully saturated rings. The van der Waals surface area contributed by atoms with Gasteiger partial charge in [-0.1, -0.05) is 0 Å². The molecule has 0 aliphatic carbocycles. The molecule has 0 unspecified atom stereocenters. The van der Waals surface area contributed by atoms with Crippen molar-refractivity contribution in [2.45, 2.75) is 24.4 Å². The largest absolute Gasteiger partial charge is 0.398 e. The third-order valence-corrected chi connectivity index (χ3v) is 3.81. The molecule has 10 heteroatoms. The fraction of sp³-hybridized carbons (Fsp3) is 0.333. The molecule has 0 aliphatic heterocycles. The van der Waals surface area contributed by atoms with Crippen LogP contribution in [0.4, 0.5) is 26.3 Å². The number of hydrogen-bond donors (Lipinski definition) is 0. The highest BCUT2D eigenvalue weighted by Crippen LogP contribution is 2.32. The van der Waals surface area contributed by atoms with Crippen LogP contribution in [-0.4, -0.2) is 26.7 Å². The second-order valence-electron chi connectivity index (χ2n) is 4.32. The molecular weight excluding hydrogens is 332 g/mol. The molecule has 0 N–H and O–H groups in total. The molecule has 0 atom stereocenters. The van der Waals surface area contributed by atoms with E-state index in [0.717, 1.165) is 23.1 Å². The molecule has 0 bridgehead atoms. The van der Waals surface area contributed by atoms with Crippen LogP contribution < -0.4 is 0 Å². The molecule has 0 radical (unpaired) electrons. The topological polar surface area (TPSA) is 30.7 Å². The van der Waals surface area contributed by atoms with Crippen molar-refractivity contribution in [2.75, 3.05) is 5.75 Å². The average Bonchev–Trinajstić information content (AvgIpc) is 2.86. The molecule has 1 aromatic heterocycles. The van der Waals surface area contributed by atoms with E-state index in [-0.39, 0.29) is 10.6 Å². The standard InChI is InChI=1S/C12H9F6N3S/c1-6-2-7(13)8(3-9(6)22-4-12(16,17)18)21-5-19-11(20-21)10(14)15/h2-3,5,10H,4H2,1H3. The highest BCUT2D eigenvalue weighted by atomic mass is 32.2. The quantitative estimate of drug-likeness (QED) is 0.613. The van der Waals surface area contributed by atoms with Gasteiger partial charge in [-0.25, -0.2) is 22.8 Å². The fourth-order valence-corrected chi connectivity index (χ4v) is 2.43. The van der Waals surface area contributed by atoms with E-state index < -0.39 is 30.0 Å². The molecule has 3 nitrogen and oxygen atoms in total. The lowest BCUT2D eigenvalue weighted by Crippen LogP contribution is -2.11. The number of aromatic nitrogens is 3. The second kappa shape index (κ2) is 6.19. The van der Waals surface area contributed by atoms with Crippen LogP contribution in [0.25, 0.3) is 5.69 Å². The zero-order valence-electron chi connectivity index (χ0n) is 11.0. The number of benzene rings is 1. The zero-order chi connectivity index (χ0) is 16.5. The summed E-state index contributed by atoms with van der Waals surface area (Å²) in [7, 11) is 0. The van der Waals surface area contributed by atoms with E-state index in [1.807, 2.05) is 0 Å².